The number of phenolic OH excluding ortho intramolecular Hbond substituents is 1. The molecule has 12 heavy (non-hydrogen) atoms. The number of phenols is 1. The van der Waals surface area contributed by atoms with Crippen molar-refractivity contribution in [2.45, 2.75) is 0 Å². The second-order valence-corrected chi connectivity index (χ2v) is 2.96. The van der Waals surface area contributed by atoms with Gasteiger partial charge < -0.3 is 5.11 Å². The maximum absolute atomic E-state index is 9.41. The molecule has 0 aliphatic heterocycles. The fraction of sp³-hybridized carbons (Fsp3) is 0. The highest BCUT2D eigenvalue weighted by atomic mass is 35.5. The summed E-state index contributed by atoms with van der Waals surface area (Å²) in [5, 5.41) is 11.6. The summed E-state index contributed by atoms with van der Waals surface area (Å²) in [6.07, 6.45) is 0. The van der Waals surface area contributed by atoms with E-state index in [1.165, 1.54) is 0 Å². The molecule has 59 valence electrons. The molecule has 1 radical (unpaired) electrons. The van der Waals surface area contributed by atoms with Crippen LogP contribution in [0.25, 0.3) is 10.8 Å². The summed E-state index contributed by atoms with van der Waals surface area (Å²) in [5.41, 5.74) is 0. The zero-order chi connectivity index (χ0) is 8.55. The maximum atomic E-state index is 9.41. The van der Waals surface area contributed by atoms with Crippen LogP contribution in [0.2, 0.25) is 5.02 Å². The highest BCUT2D eigenvalue weighted by molar-refractivity contribution is 6.31. The second kappa shape index (κ2) is 2.68. The third-order valence-electron chi connectivity index (χ3n) is 1.74. The maximum Gasteiger partial charge on any atom is 0.132 e. The third kappa shape index (κ3) is 1.12. The minimum atomic E-state index is 0.109. The standard InChI is InChI=1S/C10H6ClO/c11-8-5-7-3-1-2-4-9(7)10(12)6-8/h1-5,12H. The molecule has 0 saturated heterocycles. The van der Waals surface area contributed by atoms with E-state index in [1.807, 2.05) is 24.3 Å². The van der Waals surface area contributed by atoms with Gasteiger partial charge in [-0.2, -0.15) is 0 Å². The van der Waals surface area contributed by atoms with Crippen molar-refractivity contribution in [2.24, 2.45) is 0 Å². The lowest BCUT2D eigenvalue weighted by atomic mass is 10.1. The Balaban J connectivity index is 2.89. The molecule has 0 heterocycles. The molecule has 0 amide bonds. The highest BCUT2D eigenvalue weighted by Gasteiger charge is 2.00. The Kier molecular flexibility index (Phi) is 1.66. The van der Waals surface area contributed by atoms with E-state index in [1.54, 1.807) is 6.07 Å². The van der Waals surface area contributed by atoms with Gasteiger partial charge in [0.25, 0.3) is 0 Å². The Morgan fingerprint density at radius 3 is 2.83 bits per heavy atom. The molecule has 0 saturated carbocycles. The largest absolute Gasteiger partial charge is 0.507 e. The van der Waals surface area contributed by atoms with E-state index in [9.17, 15) is 5.11 Å². The quantitative estimate of drug-likeness (QED) is 0.656. The van der Waals surface area contributed by atoms with Crippen molar-refractivity contribution >= 4 is 22.4 Å². The van der Waals surface area contributed by atoms with Crippen LogP contribution in [0.3, 0.4) is 0 Å². The Bertz CT molecular complexity index is 423. The van der Waals surface area contributed by atoms with Crippen molar-refractivity contribution in [3.05, 3.63) is 41.4 Å². The van der Waals surface area contributed by atoms with E-state index in [-0.39, 0.29) is 5.75 Å². The second-order valence-electron chi connectivity index (χ2n) is 2.55. The summed E-state index contributed by atoms with van der Waals surface area (Å²) >= 11 is 5.71. The molecular formula is C10H6ClO. The van der Waals surface area contributed by atoms with Crippen molar-refractivity contribution < 1.29 is 5.11 Å². The van der Waals surface area contributed by atoms with Gasteiger partial charge in [0.15, 0.2) is 0 Å². The highest BCUT2D eigenvalue weighted by Crippen LogP contribution is 2.27. The Labute approximate surface area is 75.2 Å². The lowest BCUT2D eigenvalue weighted by Crippen LogP contribution is -1.73. The van der Waals surface area contributed by atoms with Crippen molar-refractivity contribution in [3.8, 4) is 5.75 Å². The SMILES string of the molecule is Oc1[c]c(Cl)cc2ccccc12. The average molecular weight is 178 g/mol. The predicted octanol–water partition coefficient (Wildman–Crippen LogP) is 3.00. The number of hydrogen-bond donors (Lipinski definition) is 1. The molecule has 0 fully saturated rings. The first-order valence-corrected chi connectivity index (χ1v) is 3.95. The summed E-state index contributed by atoms with van der Waals surface area (Å²) in [4.78, 5) is 0. The monoisotopic (exact) mass is 177 g/mol. The number of rotatable bonds is 0. The van der Waals surface area contributed by atoms with Crippen molar-refractivity contribution in [1.29, 1.82) is 0 Å². The van der Waals surface area contributed by atoms with Crippen molar-refractivity contribution in [3.63, 3.8) is 0 Å². The molecule has 0 aliphatic rings. The Morgan fingerprint density at radius 1 is 1.25 bits per heavy atom. The average Bonchev–Trinajstić information content (AvgIpc) is 2.04. The molecule has 0 bridgehead atoms. The number of benzene rings is 2. The molecule has 2 aromatic rings. The van der Waals surface area contributed by atoms with Gasteiger partial charge in [-0.05, 0) is 11.5 Å². The van der Waals surface area contributed by atoms with Crippen LogP contribution in [0.4, 0.5) is 0 Å². The van der Waals surface area contributed by atoms with Crippen LogP contribution in [-0.4, -0.2) is 5.11 Å². The molecule has 0 atom stereocenters. The molecule has 1 N–H and O–H groups in total. The number of hydrogen-bond acceptors (Lipinski definition) is 1. The van der Waals surface area contributed by atoms with Crippen LogP contribution in [-0.2, 0) is 0 Å². The van der Waals surface area contributed by atoms with Crippen LogP contribution >= 0.6 is 11.6 Å². The molecular weight excluding hydrogens is 172 g/mol. The first-order chi connectivity index (χ1) is 5.77. The first-order valence-electron chi connectivity index (χ1n) is 3.57. The molecule has 0 unspecified atom stereocenters. The fourth-order valence-electron chi connectivity index (χ4n) is 1.19. The van der Waals surface area contributed by atoms with Gasteiger partial charge >= 0.3 is 0 Å². The van der Waals surface area contributed by atoms with Gasteiger partial charge in [-0.3, -0.25) is 0 Å². The summed E-state index contributed by atoms with van der Waals surface area (Å²) in [5.74, 6) is 0.109. The zero-order valence-corrected chi connectivity index (χ0v) is 6.97. The summed E-state index contributed by atoms with van der Waals surface area (Å²) in [7, 11) is 0. The molecule has 0 spiro atoms. The molecule has 2 rings (SSSR count). The number of aromatic hydroxyl groups is 1. The topological polar surface area (TPSA) is 20.2 Å². The van der Waals surface area contributed by atoms with Crippen LogP contribution in [0.5, 0.6) is 5.75 Å². The van der Waals surface area contributed by atoms with E-state index in [4.69, 9.17) is 11.6 Å². The van der Waals surface area contributed by atoms with Gasteiger partial charge in [-0.1, -0.05) is 35.9 Å². The van der Waals surface area contributed by atoms with E-state index in [0.29, 0.717) is 5.02 Å². The minimum absolute atomic E-state index is 0.109. The molecule has 1 nitrogen and oxygen atoms in total. The van der Waals surface area contributed by atoms with Crippen LogP contribution in [0, 0.1) is 6.07 Å². The fourth-order valence-corrected chi connectivity index (χ4v) is 1.40. The van der Waals surface area contributed by atoms with Gasteiger partial charge in [0.1, 0.15) is 5.75 Å². The van der Waals surface area contributed by atoms with Gasteiger partial charge in [-0.25, -0.2) is 0 Å². The molecule has 0 aliphatic carbocycles. The van der Waals surface area contributed by atoms with E-state index < -0.39 is 0 Å². The molecule has 0 aromatic heterocycles. The van der Waals surface area contributed by atoms with Crippen LogP contribution < -0.4 is 0 Å². The third-order valence-corrected chi connectivity index (χ3v) is 1.94. The molecule has 2 aromatic carbocycles. The van der Waals surface area contributed by atoms with E-state index >= 15 is 0 Å². The van der Waals surface area contributed by atoms with Gasteiger partial charge in [-0.15, -0.1) is 0 Å². The summed E-state index contributed by atoms with van der Waals surface area (Å²) < 4.78 is 0. The predicted molar refractivity (Wildman–Crippen MR) is 49.5 cm³/mol. The summed E-state index contributed by atoms with van der Waals surface area (Å²) in [6.45, 7) is 0. The minimum Gasteiger partial charge on any atom is -0.507 e. The first kappa shape index (κ1) is 7.44. The lowest BCUT2D eigenvalue weighted by Gasteiger charge is -1.99. The van der Waals surface area contributed by atoms with Gasteiger partial charge in [0.05, 0.1) is 5.02 Å². The smallest absolute Gasteiger partial charge is 0.132 e. The van der Waals surface area contributed by atoms with Gasteiger partial charge in [0.2, 0.25) is 0 Å². The van der Waals surface area contributed by atoms with Gasteiger partial charge in [0, 0.05) is 11.5 Å². The van der Waals surface area contributed by atoms with Crippen molar-refractivity contribution in [2.75, 3.05) is 0 Å². The van der Waals surface area contributed by atoms with E-state index in [0.717, 1.165) is 10.8 Å². The number of fused-ring (bicyclic) bond motifs is 1. The Hall–Kier alpha value is -1.21. The van der Waals surface area contributed by atoms with Crippen LogP contribution in [0.15, 0.2) is 30.3 Å². The zero-order valence-electron chi connectivity index (χ0n) is 6.21. The Morgan fingerprint density at radius 2 is 2.00 bits per heavy atom. The summed E-state index contributed by atoms with van der Waals surface area (Å²) in [6, 6.07) is 11.9. The van der Waals surface area contributed by atoms with Crippen LogP contribution in [0.1, 0.15) is 0 Å². The van der Waals surface area contributed by atoms with E-state index in [2.05, 4.69) is 6.07 Å². The molecule has 2 heteroatoms. The number of halogens is 1. The van der Waals surface area contributed by atoms with Crippen molar-refractivity contribution in [1.82, 2.24) is 0 Å². The normalized spacial score (nSPS) is 10.4. The lowest BCUT2D eigenvalue weighted by molar-refractivity contribution is 0.480.